The quantitative estimate of drug-likeness (QED) is 0.821. The predicted molar refractivity (Wildman–Crippen MR) is 72.7 cm³/mol. The van der Waals surface area contributed by atoms with Crippen molar-refractivity contribution in [2.24, 2.45) is 5.92 Å². The van der Waals surface area contributed by atoms with E-state index in [-0.39, 0.29) is 4.90 Å². The lowest BCUT2D eigenvalue weighted by atomic mass is 10.0. The Morgan fingerprint density at radius 1 is 1.28 bits per heavy atom. The van der Waals surface area contributed by atoms with E-state index in [1.54, 1.807) is 12.1 Å². The van der Waals surface area contributed by atoms with E-state index in [9.17, 15) is 8.42 Å². The Kier molecular flexibility index (Phi) is 3.15. The Bertz CT molecular complexity index is 540. The molecule has 18 heavy (non-hydrogen) atoms. The first-order valence-electron chi connectivity index (χ1n) is 6.12. The lowest BCUT2D eigenvalue weighted by Gasteiger charge is -2.25. The molecule has 0 aliphatic heterocycles. The molecule has 2 rings (SSSR count). The van der Waals surface area contributed by atoms with Crippen molar-refractivity contribution in [3.8, 4) is 0 Å². The zero-order chi connectivity index (χ0) is 13.6. The summed E-state index contributed by atoms with van der Waals surface area (Å²) in [5, 5.41) is 0. The van der Waals surface area contributed by atoms with Gasteiger partial charge in [0.25, 0.3) is 0 Å². The van der Waals surface area contributed by atoms with Crippen LogP contribution in [0.15, 0.2) is 23.1 Å². The first-order chi connectivity index (χ1) is 8.21. The molecule has 4 nitrogen and oxygen atoms in total. The van der Waals surface area contributed by atoms with Crippen molar-refractivity contribution >= 4 is 15.7 Å². The number of aryl methyl sites for hydroxylation is 1. The van der Waals surface area contributed by atoms with Gasteiger partial charge in [-0.15, -0.1) is 0 Å². The van der Waals surface area contributed by atoms with Crippen LogP contribution in [0.3, 0.4) is 0 Å². The van der Waals surface area contributed by atoms with E-state index in [1.165, 1.54) is 6.07 Å². The Morgan fingerprint density at radius 2 is 1.89 bits per heavy atom. The van der Waals surface area contributed by atoms with Crippen LogP contribution in [0.25, 0.3) is 0 Å². The Labute approximate surface area is 109 Å². The molecule has 1 aliphatic carbocycles. The van der Waals surface area contributed by atoms with Crippen molar-refractivity contribution in [1.29, 1.82) is 0 Å². The topological polar surface area (TPSA) is 72.2 Å². The molecule has 0 aromatic heterocycles. The smallest absolute Gasteiger partial charge is 0.241 e. The van der Waals surface area contributed by atoms with Crippen molar-refractivity contribution in [3.05, 3.63) is 23.8 Å². The van der Waals surface area contributed by atoms with Gasteiger partial charge in [-0.1, -0.05) is 0 Å². The van der Waals surface area contributed by atoms with Gasteiger partial charge < -0.3 is 5.73 Å². The second kappa shape index (κ2) is 4.24. The molecule has 0 spiro atoms. The SMILES string of the molecule is Cc1cc(N)cc(S(=O)(=O)NC(C)(C)C2CC2)c1. The average molecular weight is 268 g/mol. The normalized spacial score (nSPS) is 16.8. The number of nitrogens with one attached hydrogen (secondary N) is 1. The highest BCUT2D eigenvalue weighted by Crippen LogP contribution is 2.40. The second-order valence-electron chi connectivity index (χ2n) is 5.68. The third-order valence-electron chi connectivity index (χ3n) is 3.38. The molecule has 1 aromatic carbocycles. The van der Waals surface area contributed by atoms with E-state index in [4.69, 9.17) is 5.73 Å². The summed E-state index contributed by atoms with van der Waals surface area (Å²) in [6, 6.07) is 4.89. The molecule has 1 fully saturated rings. The number of hydrogen-bond acceptors (Lipinski definition) is 3. The molecule has 0 unspecified atom stereocenters. The molecular weight excluding hydrogens is 248 g/mol. The van der Waals surface area contributed by atoms with Crippen LogP contribution in [-0.4, -0.2) is 14.0 Å². The largest absolute Gasteiger partial charge is 0.399 e. The Hall–Kier alpha value is -1.07. The molecule has 1 saturated carbocycles. The van der Waals surface area contributed by atoms with Crippen LogP contribution in [0.1, 0.15) is 32.3 Å². The summed E-state index contributed by atoms with van der Waals surface area (Å²) in [4.78, 5) is 0.244. The molecule has 1 aliphatic rings. The highest BCUT2D eigenvalue weighted by Gasteiger charge is 2.40. The van der Waals surface area contributed by atoms with Gasteiger partial charge in [0.05, 0.1) is 4.90 Å². The van der Waals surface area contributed by atoms with Gasteiger partial charge in [-0.25, -0.2) is 13.1 Å². The van der Waals surface area contributed by atoms with Gasteiger partial charge in [-0.05, 0) is 63.3 Å². The zero-order valence-electron chi connectivity index (χ0n) is 11.0. The minimum Gasteiger partial charge on any atom is -0.399 e. The molecule has 100 valence electrons. The Balaban J connectivity index is 2.30. The van der Waals surface area contributed by atoms with Crippen LogP contribution in [0, 0.1) is 12.8 Å². The maximum atomic E-state index is 12.3. The third kappa shape index (κ3) is 2.84. The average Bonchev–Trinajstić information content (AvgIpc) is 2.96. The summed E-state index contributed by atoms with van der Waals surface area (Å²) >= 11 is 0. The molecule has 0 heterocycles. The van der Waals surface area contributed by atoms with Gasteiger partial charge in [0.1, 0.15) is 0 Å². The highest BCUT2D eigenvalue weighted by molar-refractivity contribution is 7.89. The highest BCUT2D eigenvalue weighted by atomic mass is 32.2. The number of rotatable bonds is 4. The van der Waals surface area contributed by atoms with Gasteiger partial charge in [-0.2, -0.15) is 0 Å². The lowest BCUT2D eigenvalue weighted by molar-refractivity contribution is 0.400. The van der Waals surface area contributed by atoms with Crippen LogP contribution < -0.4 is 10.5 Å². The molecular formula is C13H20N2O2S. The van der Waals surface area contributed by atoms with Crippen LogP contribution in [0.2, 0.25) is 0 Å². The van der Waals surface area contributed by atoms with E-state index in [0.29, 0.717) is 11.6 Å². The summed E-state index contributed by atoms with van der Waals surface area (Å²) in [6.45, 7) is 5.70. The van der Waals surface area contributed by atoms with Crippen LogP contribution in [0.4, 0.5) is 5.69 Å². The minimum atomic E-state index is -3.50. The molecule has 0 bridgehead atoms. The van der Waals surface area contributed by atoms with E-state index in [2.05, 4.69) is 4.72 Å². The van der Waals surface area contributed by atoms with E-state index < -0.39 is 15.6 Å². The molecule has 0 saturated heterocycles. The number of anilines is 1. The number of nitrogens with two attached hydrogens (primary N) is 1. The maximum absolute atomic E-state index is 12.3. The number of hydrogen-bond donors (Lipinski definition) is 2. The van der Waals surface area contributed by atoms with Crippen molar-refractivity contribution in [3.63, 3.8) is 0 Å². The molecule has 0 amide bonds. The van der Waals surface area contributed by atoms with E-state index in [1.807, 2.05) is 20.8 Å². The first kappa shape index (κ1) is 13.4. The summed E-state index contributed by atoms with van der Waals surface area (Å²) in [7, 11) is -3.50. The monoisotopic (exact) mass is 268 g/mol. The van der Waals surface area contributed by atoms with Gasteiger partial charge in [-0.3, -0.25) is 0 Å². The number of nitrogen functional groups attached to an aromatic ring is 1. The molecule has 1 aromatic rings. The Morgan fingerprint density at radius 3 is 2.39 bits per heavy atom. The van der Waals surface area contributed by atoms with Crippen molar-refractivity contribution in [2.75, 3.05) is 5.73 Å². The zero-order valence-corrected chi connectivity index (χ0v) is 11.8. The van der Waals surface area contributed by atoms with Gasteiger partial charge in [0.15, 0.2) is 0 Å². The van der Waals surface area contributed by atoms with Crippen molar-refractivity contribution in [1.82, 2.24) is 4.72 Å². The summed E-state index contributed by atoms with van der Waals surface area (Å²) in [5.41, 5.74) is 6.63. The molecule has 0 atom stereocenters. The number of sulfonamides is 1. The van der Waals surface area contributed by atoms with Gasteiger partial charge in [0.2, 0.25) is 10.0 Å². The maximum Gasteiger partial charge on any atom is 0.241 e. The lowest BCUT2D eigenvalue weighted by Crippen LogP contribution is -2.45. The predicted octanol–water partition coefficient (Wildman–Crippen LogP) is 2.04. The first-order valence-corrected chi connectivity index (χ1v) is 7.60. The van der Waals surface area contributed by atoms with Crippen LogP contribution in [0.5, 0.6) is 0 Å². The third-order valence-corrected chi connectivity index (χ3v) is 5.03. The summed E-state index contributed by atoms with van der Waals surface area (Å²) in [6.07, 6.45) is 2.18. The van der Waals surface area contributed by atoms with Gasteiger partial charge >= 0.3 is 0 Å². The van der Waals surface area contributed by atoms with E-state index >= 15 is 0 Å². The number of benzene rings is 1. The summed E-state index contributed by atoms with van der Waals surface area (Å²) in [5.74, 6) is 0.439. The van der Waals surface area contributed by atoms with Crippen LogP contribution in [-0.2, 0) is 10.0 Å². The second-order valence-corrected chi connectivity index (χ2v) is 7.36. The van der Waals surface area contributed by atoms with Crippen LogP contribution >= 0.6 is 0 Å². The minimum absolute atomic E-state index is 0.244. The fourth-order valence-electron chi connectivity index (χ4n) is 2.23. The van der Waals surface area contributed by atoms with Gasteiger partial charge in [0, 0.05) is 11.2 Å². The van der Waals surface area contributed by atoms with Crippen molar-refractivity contribution in [2.45, 2.75) is 44.0 Å². The molecule has 3 N–H and O–H groups in total. The molecule has 0 radical (unpaired) electrons. The van der Waals surface area contributed by atoms with E-state index in [0.717, 1.165) is 18.4 Å². The fourth-order valence-corrected chi connectivity index (χ4v) is 3.83. The summed E-state index contributed by atoms with van der Waals surface area (Å²) < 4.78 is 27.4. The fraction of sp³-hybridized carbons (Fsp3) is 0.538. The molecule has 5 heteroatoms. The standard InChI is InChI=1S/C13H20N2O2S/c1-9-6-11(14)8-12(7-9)18(16,17)15-13(2,3)10-4-5-10/h6-8,10,15H,4-5,14H2,1-3H3. The van der Waals surface area contributed by atoms with Crippen molar-refractivity contribution < 1.29 is 8.42 Å².